The molecule has 0 saturated carbocycles. The summed E-state index contributed by atoms with van der Waals surface area (Å²) in [7, 11) is 0. The van der Waals surface area contributed by atoms with E-state index in [1.54, 1.807) is 46.4 Å². The molecule has 0 aliphatic carbocycles. The third-order valence-corrected chi connectivity index (χ3v) is 2.19. The zero-order chi connectivity index (χ0) is 20.1. The molecule has 0 rings (SSSR count). The molecule has 150 valence electrons. The molecule has 9 nitrogen and oxygen atoms in total. The summed E-state index contributed by atoms with van der Waals surface area (Å²) >= 11 is 0. The first kappa shape index (κ1) is 25.8. The van der Waals surface area contributed by atoms with Crippen LogP contribution in [0.5, 0.6) is 0 Å². The van der Waals surface area contributed by atoms with Crippen molar-refractivity contribution < 1.29 is 39.1 Å². The lowest BCUT2D eigenvalue weighted by Crippen LogP contribution is -2.32. The molecule has 3 N–H and O–H groups in total. The summed E-state index contributed by atoms with van der Waals surface area (Å²) in [6, 6.07) is 0. The van der Waals surface area contributed by atoms with Crippen LogP contribution in [0, 0.1) is 0 Å². The van der Waals surface area contributed by atoms with E-state index in [4.69, 9.17) is 24.8 Å². The van der Waals surface area contributed by atoms with Crippen LogP contribution in [0.1, 0.15) is 41.5 Å². The van der Waals surface area contributed by atoms with Crippen molar-refractivity contribution in [2.24, 2.45) is 0 Å². The molecule has 0 heterocycles. The van der Waals surface area contributed by atoms with Gasteiger partial charge >= 0.3 is 12.3 Å². The van der Waals surface area contributed by atoms with Gasteiger partial charge in [0.1, 0.15) is 11.2 Å². The van der Waals surface area contributed by atoms with Gasteiger partial charge in [0, 0.05) is 19.6 Å². The molecular formula is C16H33NO8. The molecular weight excluding hydrogens is 334 g/mol. The van der Waals surface area contributed by atoms with Crippen molar-refractivity contribution in [1.82, 2.24) is 4.90 Å². The smallest absolute Gasteiger partial charge is 0.428 e. The number of aliphatic hydroxyl groups is 3. The van der Waals surface area contributed by atoms with Crippen molar-refractivity contribution in [1.29, 1.82) is 0 Å². The van der Waals surface area contributed by atoms with Crippen molar-refractivity contribution in [3.63, 3.8) is 0 Å². The first-order chi connectivity index (χ1) is 11.3. The average molecular weight is 367 g/mol. The van der Waals surface area contributed by atoms with Gasteiger partial charge in [-0.2, -0.15) is 0 Å². The molecule has 0 saturated heterocycles. The molecule has 0 amide bonds. The van der Waals surface area contributed by atoms with E-state index in [0.717, 1.165) is 0 Å². The van der Waals surface area contributed by atoms with Gasteiger partial charge in [0.15, 0.2) is 0 Å². The molecule has 0 aromatic rings. The molecule has 0 aromatic heterocycles. The number of hydrogen-bond donors (Lipinski definition) is 3. The van der Waals surface area contributed by atoms with Crippen molar-refractivity contribution in [3.05, 3.63) is 0 Å². The Morgan fingerprint density at radius 3 is 1.20 bits per heavy atom. The van der Waals surface area contributed by atoms with Crippen molar-refractivity contribution in [2.75, 3.05) is 39.5 Å². The Kier molecular flexibility index (Phi) is 13.3. The van der Waals surface area contributed by atoms with Crippen LogP contribution < -0.4 is 0 Å². The minimum Gasteiger partial charge on any atom is -0.428 e. The summed E-state index contributed by atoms with van der Waals surface area (Å²) < 4.78 is 13.8. The number of rotatable bonds is 6. The lowest BCUT2D eigenvalue weighted by atomic mass is 10.2. The predicted molar refractivity (Wildman–Crippen MR) is 91.3 cm³/mol. The molecule has 0 bridgehead atoms. The van der Waals surface area contributed by atoms with E-state index in [-0.39, 0.29) is 19.8 Å². The molecule has 0 fully saturated rings. The normalized spacial score (nSPS) is 11.4. The van der Waals surface area contributed by atoms with Crippen LogP contribution >= 0.6 is 0 Å². The fraction of sp³-hybridized carbons (Fsp3) is 0.875. The van der Waals surface area contributed by atoms with Gasteiger partial charge in [-0.25, -0.2) is 9.59 Å². The lowest BCUT2D eigenvalue weighted by Gasteiger charge is -2.20. The SMILES string of the molecule is CC(C)(C)OC(=O)OC(=O)OC(C)(C)C.OCCN(CCO)CCO. The van der Waals surface area contributed by atoms with Crippen molar-refractivity contribution in [2.45, 2.75) is 52.7 Å². The number of ether oxygens (including phenoxy) is 3. The predicted octanol–water partition coefficient (Wildman–Crippen LogP) is 1.14. The van der Waals surface area contributed by atoms with Crippen LogP contribution in [0.25, 0.3) is 0 Å². The second-order valence-electron chi connectivity index (χ2n) is 7.04. The largest absolute Gasteiger partial charge is 0.519 e. The fourth-order valence-corrected chi connectivity index (χ4v) is 1.37. The molecule has 0 aromatic carbocycles. The standard InChI is InChI=1S/C10H18O5.C6H15NO3/c1-9(2,3)14-7(11)13-8(12)15-10(4,5)6;8-4-1-7(2-5-9)3-6-10/h1-6H3;8-10H,1-6H2. The maximum atomic E-state index is 11.0. The zero-order valence-corrected chi connectivity index (χ0v) is 16.1. The number of carbonyl (C=O) groups excluding carboxylic acids is 2. The Labute approximate surface area is 149 Å². The zero-order valence-electron chi connectivity index (χ0n) is 16.1. The third-order valence-electron chi connectivity index (χ3n) is 2.19. The minimum atomic E-state index is -1.06. The number of carbonyl (C=O) groups is 2. The van der Waals surface area contributed by atoms with Gasteiger partial charge in [0.05, 0.1) is 19.8 Å². The summed E-state index contributed by atoms with van der Waals surface area (Å²) in [6.07, 6.45) is -2.12. The van der Waals surface area contributed by atoms with E-state index in [0.29, 0.717) is 19.6 Å². The second kappa shape index (κ2) is 12.9. The van der Waals surface area contributed by atoms with Crippen LogP contribution in [0.4, 0.5) is 9.59 Å². The monoisotopic (exact) mass is 367 g/mol. The molecule has 0 spiro atoms. The second-order valence-corrected chi connectivity index (χ2v) is 7.04. The average Bonchev–Trinajstić information content (AvgIpc) is 2.35. The van der Waals surface area contributed by atoms with E-state index in [2.05, 4.69) is 4.74 Å². The van der Waals surface area contributed by atoms with Crippen molar-refractivity contribution >= 4 is 12.3 Å². The summed E-state index contributed by atoms with van der Waals surface area (Å²) in [5.74, 6) is 0. The Morgan fingerprint density at radius 2 is 1.00 bits per heavy atom. The quantitative estimate of drug-likeness (QED) is 0.468. The molecule has 0 radical (unpaired) electrons. The number of aliphatic hydroxyl groups excluding tert-OH is 3. The third kappa shape index (κ3) is 20.5. The summed E-state index contributed by atoms with van der Waals surface area (Å²) in [6.45, 7) is 11.8. The van der Waals surface area contributed by atoms with Crippen LogP contribution in [-0.4, -0.2) is 83.2 Å². The minimum absolute atomic E-state index is 0.0694. The molecule has 25 heavy (non-hydrogen) atoms. The molecule has 0 aliphatic heterocycles. The van der Waals surface area contributed by atoms with E-state index >= 15 is 0 Å². The molecule has 9 heteroatoms. The number of hydrogen-bond acceptors (Lipinski definition) is 9. The summed E-state index contributed by atoms with van der Waals surface area (Å²) in [4.78, 5) is 23.8. The summed E-state index contributed by atoms with van der Waals surface area (Å²) in [5, 5.41) is 25.5. The highest BCUT2D eigenvalue weighted by Gasteiger charge is 2.24. The lowest BCUT2D eigenvalue weighted by molar-refractivity contribution is -0.0293. The first-order valence-corrected chi connectivity index (χ1v) is 8.03. The molecule has 0 aliphatic rings. The highest BCUT2D eigenvalue weighted by Crippen LogP contribution is 2.11. The highest BCUT2D eigenvalue weighted by atomic mass is 16.8. The summed E-state index contributed by atoms with van der Waals surface area (Å²) in [5.41, 5.74) is -1.39. The van der Waals surface area contributed by atoms with Gasteiger partial charge in [-0.3, -0.25) is 4.90 Å². The van der Waals surface area contributed by atoms with Crippen LogP contribution in [0.3, 0.4) is 0 Å². The Hall–Kier alpha value is -1.42. The Balaban J connectivity index is 0. The van der Waals surface area contributed by atoms with Gasteiger partial charge < -0.3 is 29.5 Å². The van der Waals surface area contributed by atoms with Crippen molar-refractivity contribution in [3.8, 4) is 0 Å². The van der Waals surface area contributed by atoms with E-state index < -0.39 is 23.5 Å². The Morgan fingerprint density at radius 1 is 0.720 bits per heavy atom. The van der Waals surface area contributed by atoms with Gasteiger partial charge in [-0.15, -0.1) is 0 Å². The van der Waals surface area contributed by atoms with Gasteiger partial charge in [-0.05, 0) is 41.5 Å². The van der Waals surface area contributed by atoms with Gasteiger partial charge in [-0.1, -0.05) is 0 Å². The van der Waals surface area contributed by atoms with E-state index in [1.165, 1.54) is 0 Å². The van der Waals surface area contributed by atoms with Crippen LogP contribution in [0.15, 0.2) is 0 Å². The maximum absolute atomic E-state index is 11.0. The first-order valence-electron chi connectivity index (χ1n) is 8.03. The van der Waals surface area contributed by atoms with E-state index in [1.807, 2.05) is 0 Å². The van der Waals surface area contributed by atoms with Gasteiger partial charge in [0.25, 0.3) is 0 Å². The Bertz CT molecular complexity index is 333. The molecule has 0 unspecified atom stereocenters. The van der Waals surface area contributed by atoms with Gasteiger partial charge in [0.2, 0.25) is 0 Å². The number of nitrogens with zero attached hydrogens (tertiary/aromatic N) is 1. The fourth-order valence-electron chi connectivity index (χ4n) is 1.37. The molecule has 0 atom stereocenters. The maximum Gasteiger partial charge on any atom is 0.519 e. The topological polar surface area (TPSA) is 126 Å². The van der Waals surface area contributed by atoms with E-state index in [9.17, 15) is 9.59 Å². The van der Waals surface area contributed by atoms with Crippen LogP contribution in [-0.2, 0) is 14.2 Å². The van der Waals surface area contributed by atoms with Crippen LogP contribution in [0.2, 0.25) is 0 Å². The highest BCUT2D eigenvalue weighted by molar-refractivity contribution is 5.77.